The molecule has 0 bridgehead atoms. The van der Waals surface area contributed by atoms with Crippen molar-refractivity contribution in [1.82, 2.24) is 5.32 Å². The first-order valence-electron chi connectivity index (χ1n) is 8.84. The Morgan fingerprint density at radius 3 is 2.68 bits per heavy atom. The highest BCUT2D eigenvalue weighted by Gasteiger charge is 2.24. The summed E-state index contributed by atoms with van der Waals surface area (Å²) in [5.41, 5.74) is 0.638. The average Bonchev–Trinajstić information content (AvgIpc) is 3.11. The van der Waals surface area contributed by atoms with E-state index in [1.165, 1.54) is 0 Å². The van der Waals surface area contributed by atoms with Crippen LogP contribution >= 0.6 is 0 Å². The van der Waals surface area contributed by atoms with Gasteiger partial charge in [-0.2, -0.15) is 0 Å². The highest BCUT2D eigenvalue weighted by molar-refractivity contribution is 5.94. The van der Waals surface area contributed by atoms with E-state index in [-0.39, 0.29) is 18.2 Å². The molecule has 1 amide bonds. The Morgan fingerprint density at radius 2 is 1.86 bits per heavy atom. The first-order chi connectivity index (χ1) is 13.6. The van der Waals surface area contributed by atoms with Crippen molar-refractivity contribution in [2.24, 2.45) is 0 Å². The molecule has 28 heavy (non-hydrogen) atoms. The molecule has 0 aliphatic carbocycles. The zero-order valence-electron chi connectivity index (χ0n) is 14.8. The van der Waals surface area contributed by atoms with Gasteiger partial charge in [0.05, 0.1) is 12.1 Å². The summed E-state index contributed by atoms with van der Waals surface area (Å²) in [6.45, 7) is 0.179. The van der Waals surface area contributed by atoms with Crippen molar-refractivity contribution in [1.29, 1.82) is 0 Å². The fourth-order valence-corrected chi connectivity index (χ4v) is 3.07. The quantitative estimate of drug-likeness (QED) is 0.708. The molecule has 0 radical (unpaired) electrons. The summed E-state index contributed by atoms with van der Waals surface area (Å²) in [5, 5.41) is 2.60. The van der Waals surface area contributed by atoms with Gasteiger partial charge < -0.3 is 14.8 Å². The van der Waals surface area contributed by atoms with Crippen LogP contribution in [0.5, 0.6) is 17.2 Å². The Morgan fingerprint density at radius 1 is 1.04 bits per heavy atom. The molecule has 142 valence electrons. The van der Waals surface area contributed by atoms with Gasteiger partial charge in [0.1, 0.15) is 35.0 Å². The molecule has 1 aliphatic heterocycles. The lowest BCUT2D eigenvalue weighted by atomic mass is 10.1. The number of nitrogens with one attached hydrogen (secondary N) is 1. The second-order valence-electron chi connectivity index (χ2n) is 6.46. The van der Waals surface area contributed by atoms with Gasteiger partial charge in [-0.25, -0.2) is 8.78 Å². The lowest BCUT2D eigenvalue weighted by molar-refractivity contribution is 0.0929. The molecule has 0 saturated carbocycles. The Hall–Kier alpha value is -3.41. The molecular formula is C22H17F2NO3. The molecule has 0 aromatic heterocycles. The van der Waals surface area contributed by atoms with Gasteiger partial charge in [0, 0.05) is 12.0 Å². The third-order valence-electron chi connectivity index (χ3n) is 4.42. The molecule has 1 heterocycles. The zero-order valence-corrected chi connectivity index (χ0v) is 14.8. The third-order valence-corrected chi connectivity index (χ3v) is 4.42. The van der Waals surface area contributed by atoms with Crippen LogP contribution in [-0.4, -0.2) is 18.6 Å². The Labute approximate surface area is 160 Å². The van der Waals surface area contributed by atoms with Crippen LogP contribution in [0, 0.1) is 11.6 Å². The first kappa shape index (κ1) is 18.0. The predicted octanol–water partition coefficient (Wildman–Crippen LogP) is 4.49. The summed E-state index contributed by atoms with van der Waals surface area (Å²) >= 11 is 0. The van der Waals surface area contributed by atoms with Crippen LogP contribution in [0.25, 0.3) is 0 Å². The Kier molecular flexibility index (Phi) is 4.93. The average molecular weight is 381 g/mol. The fraction of sp³-hybridized carbons (Fsp3) is 0.136. The van der Waals surface area contributed by atoms with Crippen molar-refractivity contribution < 1.29 is 23.0 Å². The van der Waals surface area contributed by atoms with E-state index in [0.717, 1.165) is 35.3 Å². The van der Waals surface area contributed by atoms with E-state index >= 15 is 0 Å². The van der Waals surface area contributed by atoms with Gasteiger partial charge in [-0.05, 0) is 48.5 Å². The smallest absolute Gasteiger partial charge is 0.254 e. The molecule has 1 N–H and O–H groups in total. The summed E-state index contributed by atoms with van der Waals surface area (Å²) in [7, 11) is 0. The van der Waals surface area contributed by atoms with Crippen LogP contribution < -0.4 is 14.8 Å². The Bertz CT molecular complexity index is 1010. The number of halogens is 2. The summed E-state index contributed by atoms with van der Waals surface area (Å²) in [5.74, 6) is 0.0443. The van der Waals surface area contributed by atoms with Gasteiger partial charge in [0.25, 0.3) is 5.91 Å². The topological polar surface area (TPSA) is 47.6 Å². The largest absolute Gasteiger partial charge is 0.488 e. The maximum atomic E-state index is 13.7. The molecule has 3 aromatic carbocycles. The predicted molar refractivity (Wildman–Crippen MR) is 99.8 cm³/mol. The van der Waals surface area contributed by atoms with Crippen molar-refractivity contribution in [2.45, 2.75) is 12.5 Å². The van der Waals surface area contributed by atoms with Gasteiger partial charge in [-0.1, -0.05) is 18.2 Å². The molecule has 3 aromatic rings. The van der Waals surface area contributed by atoms with Crippen molar-refractivity contribution in [2.75, 3.05) is 6.54 Å². The number of rotatable bonds is 5. The van der Waals surface area contributed by atoms with Gasteiger partial charge in [0.2, 0.25) is 0 Å². The number of para-hydroxylation sites is 1. The monoisotopic (exact) mass is 381 g/mol. The van der Waals surface area contributed by atoms with E-state index in [1.54, 1.807) is 0 Å². The highest BCUT2D eigenvalue weighted by atomic mass is 19.1. The molecule has 4 rings (SSSR count). The summed E-state index contributed by atoms with van der Waals surface area (Å²) in [6.07, 6.45) is 0.287. The van der Waals surface area contributed by atoms with Crippen molar-refractivity contribution in [3.63, 3.8) is 0 Å². The molecule has 1 atom stereocenters. The van der Waals surface area contributed by atoms with E-state index in [2.05, 4.69) is 5.32 Å². The van der Waals surface area contributed by atoms with Crippen molar-refractivity contribution in [3.05, 3.63) is 89.5 Å². The number of fused-ring (bicyclic) bond motifs is 1. The van der Waals surface area contributed by atoms with Crippen LogP contribution in [0.4, 0.5) is 8.78 Å². The molecular weight excluding hydrogens is 364 g/mol. The highest BCUT2D eigenvalue weighted by Crippen LogP contribution is 2.33. The number of ether oxygens (including phenoxy) is 2. The van der Waals surface area contributed by atoms with Gasteiger partial charge in [-0.3, -0.25) is 4.79 Å². The summed E-state index contributed by atoms with van der Waals surface area (Å²) < 4.78 is 38.6. The minimum atomic E-state index is -0.766. The van der Waals surface area contributed by atoms with Crippen LogP contribution in [0.2, 0.25) is 0 Å². The zero-order chi connectivity index (χ0) is 19.5. The number of carbonyl (C=O) groups excluding carboxylic acids is 1. The number of amides is 1. The summed E-state index contributed by atoms with van der Waals surface area (Å²) in [4.78, 5) is 12.1. The van der Waals surface area contributed by atoms with E-state index in [9.17, 15) is 13.6 Å². The fourth-order valence-electron chi connectivity index (χ4n) is 3.07. The van der Waals surface area contributed by atoms with Gasteiger partial charge in [0.15, 0.2) is 0 Å². The number of benzene rings is 3. The van der Waals surface area contributed by atoms with Crippen molar-refractivity contribution >= 4 is 5.91 Å². The van der Waals surface area contributed by atoms with Gasteiger partial charge in [-0.15, -0.1) is 0 Å². The lowest BCUT2D eigenvalue weighted by Gasteiger charge is -2.12. The SMILES string of the molecule is O=C(NC[C@@H]1Cc2cc(Oc3ccccc3)ccc2O1)c1cc(F)ccc1F. The number of carbonyl (C=O) groups is 1. The van der Waals surface area contributed by atoms with Crippen LogP contribution in [0.3, 0.4) is 0 Å². The Balaban J connectivity index is 1.37. The van der Waals surface area contributed by atoms with Crippen LogP contribution in [0.15, 0.2) is 66.7 Å². The van der Waals surface area contributed by atoms with Crippen molar-refractivity contribution in [3.8, 4) is 17.2 Å². The third kappa shape index (κ3) is 3.96. The molecule has 1 aliphatic rings. The normalized spacial score (nSPS) is 14.9. The lowest BCUT2D eigenvalue weighted by Crippen LogP contribution is -2.34. The number of hydrogen-bond donors (Lipinski definition) is 1. The number of hydrogen-bond acceptors (Lipinski definition) is 3. The minimum Gasteiger partial charge on any atom is -0.488 e. The van der Waals surface area contributed by atoms with Crippen LogP contribution in [-0.2, 0) is 6.42 Å². The first-order valence-corrected chi connectivity index (χ1v) is 8.84. The second-order valence-corrected chi connectivity index (χ2v) is 6.46. The van der Waals surface area contributed by atoms with Crippen LogP contribution in [0.1, 0.15) is 15.9 Å². The van der Waals surface area contributed by atoms with E-state index in [4.69, 9.17) is 9.47 Å². The van der Waals surface area contributed by atoms with E-state index in [1.807, 2.05) is 48.5 Å². The summed E-state index contributed by atoms with van der Waals surface area (Å²) in [6, 6.07) is 17.8. The molecule has 0 saturated heterocycles. The van der Waals surface area contributed by atoms with Gasteiger partial charge >= 0.3 is 0 Å². The maximum absolute atomic E-state index is 13.7. The second kappa shape index (κ2) is 7.68. The molecule has 4 nitrogen and oxygen atoms in total. The van der Waals surface area contributed by atoms with E-state index < -0.39 is 17.5 Å². The maximum Gasteiger partial charge on any atom is 0.254 e. The standard InChI is InChI=1S/C22H17F2NO3/c23-15-6-8-20(24)19(12-15)22(26)25-13-18-11-14-10-17(7-9-21(14)28-18)27-16-4-2-1-3-5-16/h1-10,12,18H,11,13H2,(H,25,26)/t18-/m0/s1. The molecule has 0 unspecified atom stereocenters. The molecule has 0 spiro atoms. The molecule has 6 heteroatoms. The minimum absolute atomic E-state index is 0.179. The van der Waals surface area contributed by atoms with E-state index in [0.29, 0.717) is 12.2 Å². The molecule has 0 fully saturated rings.